The Morgan fingerprint density at radius 3 is 2.73 bits per heavy atom. The van der Waals surface area contributed by atoms with Crippen molar-refractivity contribution in [2.24, 2.45) is 0 Å². The number of esters is 1. The summed E-state index contributed by atoms with van der Waals surface area (Å²) < 4.78 is 23.6. The highest BCUT2D eigenvalue weighted by Crippen LogP contribution is 2.33. The number of aliphatic hydroxyl groups excluding tert-OH is 1. The second-order valence-corrected chi connectivity index (χ2v) is 6.96. The van der Waals surface area contributed by atoms with E-state index >= 15 is 0 Å². The lowest BCUT2D eigenvalue weighted by atomic mass is 10.1. The SMILES string of the molecule is CC(C)OC(=O)C(CO)NCc1cc(Cl)c(OF)cc1OCc1cncc(C#N)c1. The molecule has 10 heteroatoms. The minimum Gasteiger partial charge on any atom is -0.488 e. The highest BCUT2D eigenvalue weighted by molar-refractivity contribution is 6.32. The summed E-state index contributed by atoms with van der Waals surface area (Å²) in [6.45, 7) is 3.03. The van der Waals surface area contributed by atoms with Gasteiger partial charge in [0.2, 0.25) is 0 Å². The van der Waals surface area contributed by atoms with Crippen molar-refractivity contribution in [1.29, 1.82) is 5.26 Å². The molecule has 0 spiro atoms. The standard InChI is InChI=1S/C20H21ClFN3O5/c1-12(2)29-20(27)17(10-26)25-9-15-4-16(21)19(30-22)5-18(15)28-11-14-3-13(6-23)7-24-8-14/h3-5,7-8,12,17,25-26H,9-11H2,1-2H3. The number of aromatic nitrogens is 1. The van der Waals surface area contributed by atoms with E-state index in [4.69, 9.17) is 26.3 Å². The molecule has 0 aliphatic carbocycles. The van der Waals surface area contributed by atoms with Crippen LogP contribution in [0.5, 0.6) is 11.5 Å². The molecule has 1 aromatic heterocycles. The van der Waals surface area contributed by atoms with Gasteiger partial charge in [0, 0.05) is 40.7 Å². The summed E-state index contributed by atoms with van der Waals surface area (Å²) in [6, 6.07) is 5.31. The Morgan fingerprint density at radius 1 is 1.33 bits per heavy atom. The van der Waals surface area contributed by atoms with Gasteiger partial charge in [0.15, 0.2) is 5.75 Å². The van der Waals surface area contributed by atoms with E-state index in [0.717, 1.165) is 0 Å². The zero-order valence-corrected chi connectivity index (χ0v) is 17.1. The summed E-state index contributed by atoms with van der Waals surface area (Å²) in [6.07, 6.45) is 2.62. The summed E-state index contributed by atoms with van der Waals surface area (Å²) in [7, 11) is 0. The highest BCUT2D eigenvalue weighted by Gasteiger charge is 2.21. The molecule has 1 atom stereocenters. The smallest absolute Gasteiger partial charge is 0.325 e. The fraction of sp³-hybridized carbons (Fsp3) is 0.350. The number of rotatable bonds is 10. The van der Waals surface area contributed by atoms with Gasteiger partial charge in [-0.15, -0.1) is 0 Å². The van der Waals surface area contributed by atoms with Gasteiger partial charge in [-0.25, -0.2) is 0 Å². The molecule has 0 saturated carbocycles. The van der Waals surface area contributed by atoms with Gasteiger partial charge in [0.25, 0.3) is 0 Å². The number of hydrogen-bond donors (Lipinski definition) is 2. The summed E-state index contributed by atoms with van der Waals surface area (Å²) in [5.74, 6) is -0.614. The number of pyridine rings is 1. The lowest BCUT2D eigenvalue weighted by Crippen LogP contribution is -2.41. The van der Waals surface area contributed by atoms with Crippen molar-refractivity contribution in [1.82, 2.24) is 10.3 Å². The van der Waals surface area contributed by atoms with Crippen molar-refractivity contribution < 1.29 is 28.8 Å². The van der Waals surface area contributed by atoms with Gasteiger partial charge in [0.05, 0.1) is 23.3 Å². The third-order valence-electron chi connectivity index (χ3n) is 3.87. The maximum atomic E-state index is 12.8. The number of nitriles is 1. The van der Waals surface area contributed by atoms with Gasteiger partial charge < -0.3 is 14.6 Å². The Bertz CT molecular complexity index is 920. The van der Waals surface area contributed by atoms with Crippen LogP contribution in [0.4, 0.5) is 4.53 Å². The van der Waals surface area contributed by atoms with E-state index < -0.39 is 18.6 Å². The molecule has 0 fully saturated rings. The van der Waals surface area contributed by atoms with Crippen molar-refractivity contribution in [2.45, 2.75) is 39.1 Å². The van der Waals surface area contributed by atoms with Crippen LogP contribution in [0.1, 0.15) is 30.5 Å². The molecular formula is C20H21ClFN3O5. The predicted octanol–water partition coefficient (Wildman–Crippen LogP) is 2.85. The van der Waals surface area contributed by atoms with Crippen LogP contribution in [-0.2, 0) is 22.7 Å². The second-order valence-electron chi connectivity index (χ2n) is 6.55. The number of carbonyl (C=O) groups excluding carboxylic acids is 1. The number of carbonyl (C=O) groups is 1. The van der Waals surface area contributed by atoms with E-state index in [1.165, 1.54) is 24.5 Å². The van der Waals surface area contributed by atoms with Gasteiger partial charge >= 0.3 is 5.97 Å². The van der Waals surface area contributed by atoms with E-state index in [2.05, 4.69) is 15.2 Å². The number of hydrogen-bond acceptors (Lipinski definition) is 8. The molecule has 0 saturated heterocycles. The Balaban J connectivity index is 2.18. The molecule has 2 aromatic rings. The van der Waals surface area contributed by atoms with Crippen LogP contribution < -0.4 is 15.0 Å². The quantitative estimate of drug-likeness (QED) is 0.545. The number of benzene rings is 1. The fourth-order valence-electron chi connectivity index (χ4n) is 2.47. The molecule has 1 aromatic carbocycles. The molecule has 1 heterocycles. The molecule has 0 aliphatic rings. The first kappa shape index (κ1) is 23.3. The van der Waals surface area contributed by atoms with Gasteiger partial charge in [-0.3, -0.25) is 20.0 Å². The molecule has 30 heavy (non-hydrogen) atoms. The Hall–Kier alpha value is -2.93. The number of aliphatic hydroxyl groups is 1. The van der Waals surface area contributed by atoms with Crippen LogP contribution in [0.3, 0.4) is 0 Å². The van der Waals surface area contributed by atoms with Crippen molar-refractivity contribution in [3.05, 3.63) is 52.3 Å². The van der Waals surface area contributed by atoms with Gasteiger partial charge in [0.1, 0.15) is 24.5 Å². The van der Waals surface area contributed by atoms with Crippen molar-refractivity contribution in [3.8, 4) is 17.6 Å². The maximum Gasteiger partial charge on any atom is 0.325 e. The molecule has 8 nitrogen and oxygen atoms in total. The van der Waals surface area contributed by atoms with Gasteiger partial charge in [-0.1, -0.05) is 11.6 Å². The van der Waals surface area contributed by atoms with Crippen molar-refractivity contribution >= 4 is 17.6 Å². The van der Waals surface area contributed by atoms with Crippen LogP contribution in [0.2, 0.25) is 5.02 Å². The topological polar surface area (TPSA) is 114 Å². The molecule has 0 aliphatic heterocycles. The summed E-state index contributed by atoms with van der Waals surface area (Å²) in [5.41, 5.74) is 1.48. The molecule has 0 bridgehead atoms. The Morgan fingerprint density at radius 2 is 2.10 bits per heavy atom. The van der Waals surface area contributed by atoms with Gasteiger partial charge in [-0.2, -0.15) is 5.26 Å². The zero-order chi connectivity index (χ0) is 22.1. The average Bonchev–Trinajstić information content (AvgIpc) is 2.73. The minimum absolute atomic E-state index is 0.0000925. The first-order valence-corrected chi connectivity index (χ1v) is 9.38. The Labute approximate surface area is 178 Å². The fourth-order valence-corrected chi connectivity index (χ4v) is 2.68. The van der Waals surface area contributed by atoms with E-state index in [1.54, 1.807) is 19.9 Å². The zero-order valence-electron chi connectivity index (χ0n) is 16.4. The molecular weight excluding hydrogens is 417 g/mol. The van der Waals surface area contributed by atoms with E-state index in [1.807, 2.05) is 6.07 Å². The summed E-state index contributed by atoms with van der Waals surface area (Å²) in [5, 5.41) is 21.3. The molecule has 1 unspecified atom stereocenters. The van der Waals surface area contributed by atoms with Crippen LogP contribution >= 0.6 is 11.6 Å². The minimum atomic E-state index is -0.965. The second kappa shape index (κ2) is 11.3. The monoisotopic (exact) mass is 437 g/mol. The Kier molecular flexibility index (Phi) is 8.80. The number of ether oxygens (including phenoxy) is 2. The predicted molar refractivity (Wildman–Crippen MR) is 105 cm³/mol. The highest BCUT2D eigenvalue weighted by atomic mass is 35.5. The first-order chi connectivity index (χ1) is 14.4. The third-order valence-corrected chi connectivity index (χ3v) is 4.17. The molecule has 0 amide bonds. The molecule has 2 rings (SSSR count). The summed E-state index contributed by atoms with van der Waals surface area (Å²) in [4.78, 5) is 19.7. The van der Waals surface area contributed by atoms with E-state index in [0.29, 0.717) is 16.7 Å². The molecule has 0 radical (unpaired) electrons. The van der Waals surface area contributed by atoms with Crippen molar-refractivity contribution in [2.75, 3.05) is 6.61 Å². The van der Waals surface area contributed by atoms with Crippen LogP contribution in [-0.4, -0.2) is 34.8 Å². The normalized spacial score (nSPS) is 11.6. The van der Waals surface area contributed by atoms with Crippen LogP contribution in [0.15, 0.2) is 30.6 Å². The van der Waals surface area contributed by atoms with E-state index in [9.17, 15) is 14.4 Å². The first-order valence-electron chi connectivity index (χ1n) is 9.00. The van der Waals surface area contributed by atoms with Crippen LogP contribution in [0.25, 0.3) is 0 Å². The molecule has 160 valence electrons. The average molecular weight is 438 g/mol. The lowest BCUT2D eigenvalue weighted by molar-refractivity contribution is -0.151. The van der Waals surface area contributed by atoms with Crippen molar-refractivity contribution in [3.63, 3.8) is 0 Å². The number of halogens is 2. The van der Waals surface area contributed by atoms with Crippen LogP contribution in [0, 0.1) is 11.3 Å². The maximum absolute atomic E-state index is 12.8. The van der Waals surface area contributed by atoms with Gasteiger partial charge in [-0.05, 0) is 26.0 Å². The largest absolute Gasteiger partial charge is 0.488 e. The number of nitrogens with zero attached hydrogens (tertiary/aromatic N) is 2. The summed E-state index contributed by atoms with van der Waals surface area (Å²) >= 11 is 6.00. The molecule has 2 N–H and O–H groups in total. The lowest BCUT2D eigenvalue weighted by Gasteiger charge is -2.19. The third kappa shape index (κ3) is 6.56. The number of nitrogens with one attached hydrogen (secondary N) is 1. The van der Waals surface area contributed by atoms with E-state index in [-0.39, 0.29) is 35.8 Å².